The molecule has 0 saturated heterocycles. The molecule has 0 amide bonds. The molecular formula is C17H18N2O4. The summed E-state index contributed by atoms with van der Waals surface area (Å²) in [7, 11) is 0. The summed E-state index contributed by atoms with van der Waals surface area (Å²) in [5, 5.41) is 0. The molecule has 0 aliphatic heterocycles. The first-order valence-corrected chi connectivity index (χ1v) is 7.30. The predicted octanol–water partition coefficient (Wildman–Crippen LogP) is 2.63. The summed E-state index contributed by atoms with van der Waals surface area (Å²) in [6, 6.07) is 6.99. The van der Waals surface area contributed by atoms with E-state index in [0.29, 0.717) is 24.5 Å². The number of ether oxygens (including phenoxy) is 2. The Labute approximate surface area is 134 Å². The van der Waals surface area contributed by atoms with Gasteiger partial charge in [-0.15, -0.1) is 0 Å². The van der Waals surface area contributed by atoms with Crippen LogP contribution in [-0.4, -0.2) is 34.7 Å². The van der Waals surface area contributed by atoms with E-state index in [9.17, 15) is 9.59 Å². The molecule has 0 aliphatic carbocycles. The van der Waals surface area contributed by atoms with Crippen LogP contribution in [0.5, 0.6) is 0 Å². The van der Waals surface area contributed by atoms with E-state index < -0.39 is 5.97 Å². The Morgan fingerprint density at radius 2 is 1.83 bits per heavy atom. The second kappa shape index (κ2) is 7.93. The lowest BCUT2D eigenvalue weighted by Gasteiger charge is -2.04. The van der Waals surface area contributed by atoms with Gasteiger partial charge in [-0.2, -0.15) is 0 Å². The van der Waals surface area contributed by atoms with Crippen molar-refractivity contribution < 1.29 is 19.1 Å². The van der Waals surface area contributed by atoms with E-state index in [1.54, 1.807) is 61.3 Å². The molecule has 0 saturated carbocycles. The second-order valence-corrected chi connectivity index (χ2v) is 4.56. The van der Waals surface area contributed by atoms with Gasteiger partial charge in [0.1, 0.15) is 0 Å². The van der Waals surface area contributed by atoms with Crippen LogP contribution >= 0.6 is 0 Å². The van der Waals surface area contributed by atoms with Crippen molar-refractivity contribution in [1.82, 2.24) is 9.55 Å². The average molecular weight is 314 g/mol. The van der Waals surface area contributed by atoms with Gasteiger partial charge in [-0.25, -0.2) is 14.6 Å². The van der Waals surface area contributed by atoms with Gasteiger partial charge in [0, 0.05) is 18.0 Å². The van der Waals surface area contributed by atoms with Crippen molar-refractivity contribution in [2.45, 2.75) is 13.8 Å². The zero-order valence-electron chi connectivity index (χ0n) is 13.1. The number of esters is 2. The molecule has 0 bridgehead atoms. The number of carbonyl (C=O) groups is 2. The summed E-state index contributed by atoms with van der Waals surface area (Å²) in [4.78, 5) is 27.1. The third kappa shape index (κ3) is 4.54. The predicted molar refractivity (Wildman–Crippen MR) is 85.2 cm³/mol. The molecule has 0 unspecified atom stereocenters. The zero-order chi connectivity index (χ0) is 16.7. The lowest BCUT2D eigenvalue weighted by molar-refractivity contribution is -0.137. The van der Waals surface area contributed by atoms with Crippen LogP contribution in [0.25, 0.3) is 11.8 Å². The minimum absolute atomic E-state index is 0.338. The average Bonchev–Trinajstić information content (AvgIpc) is 3.02. The highest BCUT2D eigenvalue weighted by molar-refractivity contribution is 5.89. The van der Waals surface area contributed by atoms with Crippen LogP contribution in [0.15, 0.2) is 42.9 Å². The van der Waals surface area contributed by atoms with Crippen molar-refractivity contribution >= 4 is 18.0 Å². The third-order valence-electron chi connectivity index (χ3n) is 2.96. The number of hydrogen-bond acceptors (Lipinski definition) is 5. The van der Waals surface area contributed by atoms with Gasteiger partial charge in [0.05, 0.1) is 30.8 Å². The third-order valence-corrected chi connectivity index (χ3v) is 2.96. The largest absolute Gasteiger partial charge is 0.463 e. The Morgan fingerprint density at radius 3 is 2.48 bits per heavy atom. The van der Waals surface area contributed by atoms with Crippen molar-refractivity contribution in [1.29, 1.82) is 0 Å². The summed E-state index contributed by atoms with van der Waals surface area (Å²) >= 11 is 0. The van der Waals surface area contributed by atoms with Gasteiger partial charge in [0.2, 0.25) is 0 Å². The highest BCUT2D eigenvalue weighted by Gasteiger charge is 2.06. The summed E-state index contributed by atoms with van der Waals surface area (Å²) in [5.74, 6) is -0.747. The first-order valence-electron chi connectivity index (χ1n) is 7.30. The van der Waals surface area contributed by atoms with Crippen LogP contribution < -0.4 is 0 Å². The molecule has 6 nitrogen and oxygen atoms in total. The molecule has 1 heterocycles. The van der Waals surface area contributed by atoms with Gasteiger partial charge in [0.15, 0.2) is 0 Å². The summed E-state index contributed by atoms with van der Waals surface area (Å²) in [6.45, 7) is 4.20. The molecule has 0 atom stereocenters. The Hall–Kier alpha value is -2.89. The first-order chi connectivity index (χ1) is 11.1. The fourth-order valence-electron chi connectivity index (χ4n) is 1.89. The van der Waals surface area contributed by atoms with Crippen molar-refractivity contribution in [3.05, 3.63) is 54.1 Å². The molecule has 0 fully saturated rings. The molecule has 0 aliphatic rings. The molecule has 0 N–H and O–H groups in total. The number of rotatable bonds is 6. The Bertz CT molecular complexity index is 702. The minimum Gasteiger partial charge on any atom is -0.463 e. The van der Waals surface area contributed by atoms with E-state index in [0.717, 1.165) is 5.69 Å². The van der Waals surface area contributed by atoms with Crippen molar-refractivity contribution in [3.8, 4) is 5.69 Å². The van der Waals surface area contributed by atoms with E-state index in [1.807, 2.05) is 0 Å². The van der Waals surface area contributed by atoms with Crippen LogP contribution in [-0.2, 0) is 14.3 Å². The molecule has 1 aromatic heterocycles. The number of carbonyl (C=O) groups excluding carboxylic acids is 2. The van der Waals surface area contributed by atoms with Gasteiger partial charge in [-0.1, -0.05) is 0 Å². The molecule has 23 heavy (non-hydrogen) atoms. The van der Waals surface area contributed by atoms with E-state index in [4.69, 9.17) is 9.47 Å². The molecule has 120 valence electrons. The van der Waals surface area contributed by atoms with Crippen molar-refractivity contribution in [2.24, 2.45) is 0 Å². The number of imidazole rings is 1. The van der Waals surface area contributed by atoms with Crippen LogP contribution in [0.4, 0.5) is 0 Å². The van der Waals surface area contributed by atoms with Crippen LogP contribution in [0.2, 0.25) is 0 Å². The fraction of sp³-hybridized carbons (Fsp3) is 0.235. The van der Waals surface area contributed by atoms with Gasteiger partial charge >= 0.3 is 11.9 Å². The standard InChI is InChI=1S/C17H18N2O4/c1-3-22-16(20)10-7-14-11-19(12-18-14)15-8-5-13(6-9-15)17(21)23-4-2/h5-12H,3-4H2,1-2H3/b10-7+. The van der Waals surface area contributed by atoms with Crippen molar-refractivity contribution in [2.75, 3.05) is 13.2 Å². The Kier molecular flexibility index (Phi) is 5.68. The van der Waals surface area contributed by atoms with Crippen molar-refractivity contribution in [3.63, 3.8) is 0 Å². The highest BCUT2D eigenvalue weighted by atomic mass is 16.5. The van der Waals surface area contributed by atoms with E-state index in [-0.39, 0.29) is 5.97 Å². The van der Waals surface area contributed by atoms with Crippen LogP contribution in [0.1, 0.15) is 29.9 Å². The minimum atomic E-state index is -0.402. The molecule has 0 spiro atoms. The van der Waals surface area contributed by atoms with E-state index >= 15 is 0 Å². The normalized spacial score (nSPS) is 10.7. The van der Waals surface area contributed by atoms with Crippen LogP contribution in [0, 0.1) is 0 Å². The molecular weight excluding hydrogens is 296 g/mol. The molecule has 0 radical (unpaired) electrons. The van der Waals surface area contributed by atoms with E-state index in [1.165, 1.54) is 6.08 Å². The maximum Gasteiger partial charge on any atom is 0.338 e. The van der Waals surface area contributed by atoms with Gasteiger partial charge in [-0.05, 0) is 44.2 Å². The molecule has 6 heteroatoms. The molecule has 1 aromatic carbocycles. The topological polar surface area (TPSA) is 70.4 Å². The Balaban J connectivity index is 2.08. The van der Waals surface area contributed by atoms with Gasteiger partial charge < -0.3 is 14.0 Å². The maximum atomic E-state index is 11.6. The monoisotopic (exact) mass is 314 g/mol. The lowest BCUT2D eigenvalue weighted by atomic mass is 10.2. The Morgan fingerprint density at radius 1 is 1.13 bits per heavy atom. The highest BCUT2D eigenvalue weighted by Crippen LogP contribution is 2.12. The fourth-order valence-corrected chi connectivity index (χ4v) is 1.89. The lowest BCUT2D eigenvalue weighted by Crippen LogP contribution is -2.04. The summed E-state index contributed by atoms with van der Waals surface area (Å²) < 4.78 is 11.5. The number of nitrogens with zero attached hydrogens (tertiary/aromatic N) is 2. The maximum absolute atomic E-state index is 11.6. The quantitative estimate of drug-likeness (QED) is 0.605. The number of benzene rings is 1. The SMILES string of the molecule is CCOC(=O)/C=C/c1cn(-c2ccc(C(=O)OCC)cc2)cn1. The van der Waals surface area contributed by atoms with Gasteiger partial charge in [0.25, 0.3) is 0 Å². The molecule has 2 rings (SSSR count). The zero-order valence-corrected chi connectivity index (χ0v) is 13.1. The summed E-state index contributed by atoms with van der Waals surface area (Å²) in [6.07, 6.45) is 6.32. The smallest absolute Gasteiger partial charge is 0.338 e. The van der Waals surface area contributed by atoms with Gasteiger partial charge in [-0.3, -0.25) is 0 Å². The molecule has 2 aromatic rings. The van der Waals surface area contributed by atoms with Crippen LogP contribution in [0.3, 0.4) is 0 Å². The first kappa shape index (κ1) is 16.5. The summed E-state index contributed by atoms with van der Waals surface area (Å²) in [5.41, 5.74) is 1.98. The number of aromatic nitrogens is 2. The second-order valence-electron chi connectivity index (χ2n) is 4.56. The van der Waals surface area contributed by atoms with E-state index in [2.05, 4.69) is 4.98 Å². The number of hydrogen-bond donors (Lipinski definition) is 0.